The van der Waals surface area contributed by atoms with E-state index in [1.54, 1.807) is 6.07 Å². The van der Waals surface area contributed by atoms with E-state index in [0.717, 1.165) is 28.6 Å². The molecule has 1 aromatic heterocycles. The molecule has 1 aliphatic rings. The standard InChI is InChI=1S/C10H14BrNO2S2/c1-7-6-8(15-9(7)11)16(13,14)12-10(2)4-3-5-10/h6,12H,3-5H2,1-2H3. The first kappa shape index (κ1) is 12.5. The van der Waals surface area contributed by atoms with E-state index in [4.69, 9.17) is 0 Å². The quantitative estimate of drug-likeness (QED) is 0.929. The van der Waals surface area contributed by atoms with Crippen molar-refractivity contribution in [3.8, 4) is 0 Å². The maximum absolute atomic E-state index is 12.1. The summed E-state index contributed by atoms with van der Waals surface area (Å²) in [5.41, 5.74) is 0.729. The van der Waals surface area contributed by atoms with Crippen molar-refractivity contribution in [2.45, 2.75) is 42.9 Å². The van der Waals surface area contributed by atoms with Gasteiger partial charge >= 0.3 is 0 Å². The van der Waals surface area contributed by atoms with Gasteiger partial charge < -0.3 is 0 Å². The van der Waals surface area contributed by atoms with Crippen LogP contribution >= 0.6 is 27.3 Å². The second-order valence-electron chi connectivity index (χ2n) is 4.54. The van der Waals surface area contributed by atoms with Crippen LogP contribution in [0.1, 0.15) is 31.7 Å². The van der Waals surface area contributed by atoms with E-state index in [9.17, 15) is 8.42 Å². The molecule has 2 rings (SSSR count). The highest BCUT2D eigenvalue weighted by Gasteiger charge is 2.36. The van der Waals surface area contributed by atoms with Crippen LogP contribution in [0.15, 0.2) is 14.1 Å². The van der Waals surface area contributed by atoms with Crippen molar-refractivity contribution in [1.82, 2.24) is 4.72 Å². The summed E-state index contributed by atoms with van der Waals surface area (Å²) in [5, 5.41) is 0. The van der Waals surface area contributed by atoms with Crippen LogP contribution in [0.4, 0.5) is 0 Å². The maximum atomic E-state index is 12.1. The number of hydrogen-bond donors (Lipinski definition) is 1. The van der Waals surface area contributed by atoms with Crippen LogP contribution in [-0.4, -0.2) is 14.0 Å². The number of nitrogens with one attached hydrogen (secondary N) is 1. The highest BCUT2D eigenvalue weighted by Crippen LogP contribution is 2.35. The number of sulfonamides is 1. The molecular weight excluding hydrogens is 310 g/mol. The Balaban J connectivity index is 2.25. The normalized spacial score (nSPS) is 19.4. The lowest BCUT2D eigenvalue weighted by Gasteiger charge is -2.38. The van der Waals surface area contributed by atoms with Gasteiger partial charge in [-0.2, -0.15) is 0 Å². The summed E-state index contributed by atoms with van der Waals surface area (Å²) in [4.78, 5) is 0. The van der Waals surface area contributed by atoms with Crippen LogP contribution in [0.25, 0.3) is 0 Å². The summed E-state index contributed by atoms with van der Waals surface area (Å²) in [5.74, 6) is 0. The van der Waals surface area contributed by atoms with E-state index in [1.165, 1.54) is 11.3 Å². The molecule has 1 N–H and O–H groups in total. The Kier molecular flexibility index (Phi) is 3.20. The van der Waals surface area contributed by atoms with E-state index in [0.29, 0.717) is 4.21 Å². The fourth-order valence-electron chi connectivity index (χ4n) is 1.75. The predicted octanol–water partition coefficient (Wildman–Crippen LogP) is 3.04. The lowest BCUT2D eigenvalue weighted by atomic mass is 9.80. The Labute approximate surface area is 108 Å². The van der Waals surface area contributed by atoms with Gasteiger partial charge in [0.2, 0.25) is 0 Å². The van der Waals surface area contributed by atoms with Crippen molar-refractivity contribution in [2.75, 3.05) is 0 Å². The van der Waals surface area contributed by atoms with Crippen molar-refractivity contribution in [3.05, 3.63) is 15.4 Å². The Morgan fingerprint density at radius 2 is 2.12 bits per heavy atom. The summed E-state index contributed by atoms with van der Waals surface area (Å²) >= 11 is 4.61. The topological polar surface area (TPSA) is 46.2 Å². The molecule has 1 fully saturated rings. The number of aryl methyl sites for hydroxylation is 1. The molecule has 1 aliphatic carbocycles. The van der Waals surface area contributed by atoms with Crippen molar-refractivity contribution in [3.63, 3.8) is 0 Å². The summed E-state index contributed by atoms with van der Waals surface area (Å²) in [6.07, 6.45) is 2.96. The third-order valence-corrected chi connectivity index (χ3v) is 7.19. The molecule has 0 bridgehead atoms. The molecule has 0 amide bonds. The molecule has 3 nitrogen and oxygen atoms in total. The number of halogens is 1. The van der Waals surface area contributed by atoms with Crippen molar-refractivity contribution in [1.29, 1.82) is 0 Å². The Morgan fingerprint density at radius 1 is 1.50 bits per heavy atom. The van der Waals surface area contributed by atoms with Crippen LogP contribution in [0.2, 0.25) is 0 Å². The van der Waals surface area contributed by atoms with Gasteiger partial charge in [0.05, 0.1) is 3.79 Å². The van der Waals surface area contributed by atoms with Gasteiger partial charge in [0.25, 0.3) is 10.0 Å². The van der Waals surface area contributed by atoms with Crippen LogP contribution in [0, 0.1) is 6.92 Å². The van der Waals surface area contributed by atoms with Gasteiger partial charge in [0.1, 0.15) is 4.21 Å². The second kappa shape index (κ2) is 4.08. The third-order valence-electron chi connectivity index (χ3n) is 2.94. The molecular formula is C10H14BrNO2S2. The first-order valence-electron chi connectivity index (χ1n) is 5.12. The minimum atomic E-state index is -3.34. The van der Waals surface area contributed by atoms with E-state index >= 15 is 0 Å². The largest absolute Gasteiger partial charge is 0.250 e. The minimum Gasteiger partial charge on any atom is -0.206 e. The SMILES string of the molecule is Cc1cc(S(=O)(=O)NC2(C)CCC2)sc1Br. The smallest absolute Gasteiger partial charge is 0.206 e. The van der Waals surface area contributed by atoms with Gasteiger partial charge in [-0.25, -0.2) is 13.1 Å². The predicted molar refractivity (Wildman–Crippen MR) is 69.3 cm³/mol. The zero-order valence-corrected chi connectivity index (χ0v) is 12.4. The van der Waals surface area contributed by atoms with Crippen molar-refractivity contribution < 1.29 is 8.42 Å². The van der Waals surface area contributed by atoms with Crippen molar-refractivity contribution >= 4 is 37.3 Å². The maximum Gasteiger partial charge on any atom is 0.250 e. The van der Waals surface area contributed by atoms with Gasteiger partial charge in [-0.3, -0.25) is 0 Å². The molecule has 0 atom stereocenters. The van der Waals surface area contributed by atoms with Crippen LogP contribution in [0.3, 0.4) is 0 Å². The molecule has 1 heterocycles. The molecule has 0 spiro atoms. The average molecular weight is 324 g/mol. The van der Waals surface area contributed by atoms with Gasteiger partial charge in [-0.15, -0.1) is 11.3 Å². The number of rotatable bonds is 3. The van der Waals surface area contributed by atoms with Crippen LogP contribution < -0.4 is 4.72 Å². The molecule has 0 saturated heterocycles. The molecule has 0 unspecified atom stereocenters. The zero-order valence-electron chi connectivity index (χ0n) is 9.21. The molecule has 0 radical (unpaired) electrons. The van der Waals surface area contributed by atoms with Gasteiger partial charge in [-0.1, -0.05) is 0 Å². The molecule has 1 saturated carbocycles. The zero-order chi connectivity index (χ0) is 12.0. The average Bonchev–Trinajstić information content (AvgIpc) is 2.44. The third kappa shape index (κ3) is 2.34. The monoisotopic (exact) mass is 323 g/mol. The molecule has 0 aliphatic heterocycles. The lowest BCUT2D eigenvalue weighted by molar-refractivity contribution is 0.248. The van der Waals surface area contributed by atoms with E-state index in [2.05, 4.69) is 20.7 Å². The molecule has 16 heavy (non-hydrogen) atoms. The highest BCUT2D eigenvalue weighted by atomic mass is 79.9. The number of thiophene rings is 1. The lowest BCUT2D eigenvalue weighted by Crippen LogP contribution is -2.50. The Hall–Kier alpha value is 0.0900. The van der Waals surface area contributed by atoms with Crippen molar-refractivity contribution in [2.24, 2.45) is 0 Å². The minimum absolute atomic E-state index is 0.233. The molecule has 0 aromatic carbocycles. The molecule has 90 valence electrons. The summed E-state index contributed by atoms with van der Waals surface area (Å²) in [6, 6.07) is 1.71. The van der Waals surface area contributed by atoms with Crippen LogP contribution in [0.5, 0.6) is 0 Å². The van der Waals surface area contributed by atoms with Gasteiger partial charge in [0.15, 0.2) is 0 Å². The van der Waals surface area contributed by atoms with Gasteiger partial charge in [0, 0.05) is 5.54 Å². The Bertz CT molecular complexity index is 483. The first-order valence-corrected chi connectivity index (χ1v) is 8.22. The fraction of sp³-hybridized carbons (Fsp3) is 0.600. The van der Waals surface area contributed by atoms with E-state index < -0.39 is 10.0 Å². The number of hydrogen-bond acceptors (Lipinski definition) is 3. The highest BCUT2D eigenvalue weighted by molar-refractivity contribution is 9.11. The summed E-state index contributed by atoms with van der Waals surface area (Å²) in [7, 11) is -3.34. The fourth-order valence-corrected chi connectivity index (χ4v) is 5.44. The van der Waals surface area contributed by atoms with Gasteiger partial charge in [-0.05, 0) is 60.7 Å². The van der Waals surface area contributed by atoms with E-state index in [-0.39, 0.29) is 5.54 Å². The van der Waals surface area contributed by atoms with E-state index in [1.807, 2.05) is 13.8 Å². The first-order chi connectivity index (χ1) is 7.32. The molecule has 6 heteroatoms. The Morgan fingerprint density at radius 3 is 2.50 bits per heavy atom. The second-order valence-corrected chi connectivity index (χ2v) is 8.82. The molecule has 1 aromatic rings. The van der Waals surface area contributed by atoms with Crippen LogP contribution in [-0.2, 0) is 10.0 Å². The summed E-state index contributed by atoms with van der Waals surface area (Å²) in [6.45, 7) is 3.86. The summed E-state index contributed by atoms with van der Waals surface area (Å²) < 4.78 is 28.2.